The number of hydrogen-bond donors (Lipinski definition) is 0. The fraction of sp³-hybridized carbons (Fsp3) is 0.238. The topological polar surface area (TPSA) is 87.5 Å². The number of esters is 1. The minimum Gasteiger partial charge on any atom is -0.497 e. The Labute approximate surface area is 161 Å². The maximum absolute atomic E-state index is 13.0. The molecule has 0 amide bonds. The number of rotatable bonds is 6. The van der Waals surface area contributed by atoms with Crippen LogP contribution in [-0.2, 0) is 16.1 Å². The number of ketones is 1. The van der Waals surface area contributed by atoms with Gasteiger partial charge in [-0.15, -0.1) is 0 Å². The lowest BCUT2D eigenvalue weighted by Gasteiger charge is -2.12. The first-order valence-electron chi connectivity index (χ1n) is 8.79. The largest absolute Gasteiger partial charge is 0.497 e. The van der Waals surface area contributed by atoms with Gasteiger partial charge in [0.05, 0.1) is 24.7 Å². The average Bonchev–Trinajstić information content (AvgIpc) is 2.69. The second-order valence-electron chi connectivity index (χ2n) is 6.19. The van der Waals surface area contributed by atoms with Crippen LogP contribution in [-0.4, -0.2) is 35.0 Å². The maximum atomic E-state index is 13.0. The number of aromatic nitrogens is 2. The van der Waals surface area contributed by atoms with Gasteiger partial charge in [0.1, 0.15) is 17.9 Å². The third kappa shape index (κ3) is 3.78. The third-order valence-corrected chi connectivity index (χ3v) is 4.26. The van der Waals surface area contributed by atoms with Crippen LogP contribution >= 0.6 is 0 Å². The molecule has 0 spiro atoms. The van der Waals surface area contributed by atoms with Crippen molar-refractivity contribution in [1.82, 2.24) is 9.55 Å². The zero-order valence-corrected chi connectivity index (χ0v) is 15.9. The molecule has 0 aliphatic carbocycles. The van der Waals surface area contributed by atoms with Gasteiger partial charge < -0.3 is 14.0 Å². The van der Waals surface area contributed by atoms with Gasteiger partial charge in [-0.25, -0.2) is 4.98 Å². The van der Waals surface area contributed by atoms with E-state index in [2.05, 4.69) is 4.98 Å². The molecule has 2 aromatic heterocycles. The number of carbonyl (C=O) groups is 2. The standard InChI is InChI=1S/C21H20N2O5/c1-4-28-18(24)12-23-11-17(19(25)14-6-8-15(27-3)9-7-14)20(26)16-10-5-13(2)22-21(16)23/h5-11H,4,12H2,1-3H3. The molecular weight excluding hydrogens is 360 g/mol. The summed E-state index contributed by atoms with van der Waals surface area (Å²) in [5.41, 5.74) is 0.916. The van der Waals surface area contributed by atoms with E-state index in [0.717, 1.165) is 0 Å². The van der Waals surface area contributed by atoms with Gasteiger partial charge in [-0.2, -0.15) is 0 Å². The molecule has 1 aromatic carbocycles. The van der Waals surface area contributed by atoms with E-state index in [1.54, 1.807) is 50.2 Å². The predicted molar refractivity (Wildman–Crippen MR) is 104 cm³/mol. The molecule has 0 saturated carbocycles. The molecular formula is C21H20N2O5. The fourth-order valence-electron chi connectivity index (χ4n) is 2.89. The Bertz CT molecular complexity index is 1100. The van der Waals surface area contributed by atoms with Gasteiger partial charge >= 0.3 is 5.97 Å². The Morgan fingerprint density at radius 2 is 1.82 bits per heavy atom. The monoisotopic (exact) mass is 380 g/mol. The van der Waals surface area contributed by atoms with Crippen molar-refractivity contribution in [3.63, 3.8) is 0 Å². The molecule has 0 unspecified atom stereocenters. The van der Waals surface area contributed by atoms with Crippen molar-refractivity contribution in [2.24, 2.45) is 0 Å². The van der Waals surface area contributed by atoms with Crippen LogP contribution in [0.4, 0.5) is 0 Å². The third-order valence-electron chi connectivity index (χ3n) is 4.26. The van der Waals surface area contributed by atoms with Crippen LogP contribution in [0.15, 0.2) is 47.4 Å². The SMILES string of the molecule is CCOC(=O)Cn1cc(C(=O)c2ccc(OC)cc2)c(=O)c2ccc(C)nc21. The van der Waals surface area contributed by atoms with E-state index in [1.807, 2.05) is 0 Å². The molecule has 144 valence electrons. The molecule has 0 fully saturated rings. The van der Waals surface area contributed by atoms with Gasteiger partial charge in [-0.3, -0.25) is 14.4 Å². The van der Waals surface area contributed by atoms with Crippen LogP contribution in [0.5, 0.6) is 5.75 Å². The van der Waals surface area contributed by atoms with Crippen molar-refractivity contribution in [3.05, 3.63) is 69.6 Å². The van der Waals surface area contributed by atoms with Crippen molar-refractivity contribution in [1.29, 1.82) is 0 Å². The first-order valence-corrected chi connectivity index (χ1v) is 8.79. The normalized spacial score (nSPS) is 10.7. The van der Waals surface area contributed by atoms with E-state index < -0.39 is 17.2 Å². The van der Waals surface area contributed by atoms with E-state index in [4.69, 9.17) is 9.47 Å². The summed E-state index contributed by atoms with van der Waals surface area (Å²) in [7, 11) is 1.53. The van der Waals surface area contributed by atoms with Gasteiger partial charge in [0.25, 0.3) is 0 Å². The Morgan fingerprint density at radius 1 is 1.11 bits per heavy atom. The van der Waals surface area contributed by atoms with Crippen LogP contribution < -0.4 is 10.2 Å². The van der Waals surface area contributed by atoms with E-state index in [1.165, 1.54) is 17.9 Å². The number of hydrogen-bond acceptors (Lipinski definition) is 6. The first-order chi connectivity index (χ1) is 13.4. The molecule has 7 heteroatoms. The molecule has 0 atom stereocenters. The molecule has 0 aliphatic heterocycles. The van der Waals surface area contributed by atoms with Crippen LogP contribution in [0.1, 0.15) is 28.5 Å². The zero-order valence-electron chi connectivity index (χ0n) is 15.9. The number of fused-ring (bicyclic) bond motifs is 1. The van der Waals surface area contributed by atoms with Crippen molar-refractivity contribution >= 4 is 22.8 Å². The molecule has 0 bridgehead atoms. The van der Waals surface area contributed by atoms with E-state index in [9.17, 15) is 14.4 Å². The van der Waals surface area contributed by atoms with Gasteiger partial charge in [0.15, 0.2) is 5.78 Å². The Balaban J connectivity index is 2.15. The second kappa shape index (κ2) is 8.04. The number of methoxy groups -OCH3 is 1. The number of nitrogens with zero attached hydrogens (tertiary/aromatic N) is 2. The summed E-state index contributed by atoms with van der Waals surface area (Å²) in [6, 6.07) is 9.79. The minimum atomic E-state index is -0.474. The minimum absolute atomic E-state index is 0.0346. The van der Waals surface area contributed by atoms with Gasteiger partial charge in [0.2, 0.25) is 5.43 Å². The maximum Gasteiger partial charge on any atom is 0.325 e. The second-order valence-corrected chi connectivity index (χ2v) is 6.19. The summed E-state index contributed by atoms with van der Waals surface area (Å²) < 4.78 is 11.6. The first kappa shape index (κ1) is 19.3. The molecule has 7 nitrogen and oxygen atoms in total. The van der Waals surface area contributed by atoms with Crippen molar-refractivity contribution in [3.8, 4) is 5.75 Å². The Hall–Kier alpha value is -3.48. The lowest BCUT2D eigenvalue weighted by molar-refractivity contribution is -0.143. The smallest absolute Gasteiger partial charge is 0.325 e. The van der Waals surface area contributed by atoms with E-state index in [-0.39, 0.29) is 24.1 Å². The van der Waals surface area contributed by atoms with Crippen molar-refractivity contribution in [2.75, 3.05) is 13.7 Å². The molecule has 0 radical (unpaired) electrons. The number of benzene rings is 1. The van der Waals surface area contributed by atoms with Crippen LogP contribution in [0.3, 0.4) is 0 Å². The lowest BCUT2D eigenvalue weighted by atomic mass is 10.0. The zero-order chi connectivity index (χ0) is 20.3. The quantitative estimate of drug-likeness (QED) is 0.482. The van der Waals surface area contributed by atoms with Gasteiger partial charge in [-0.05, 0) is 50.2 Å². The number of aryl methyl sites for hydroxylation is 1. The Morgan fingerprint density at radius 3 is 2.46 bits per heavy atom. The van der Waals surface area contributed by atoms with Crippen molar-refractivity contribution in [2.45, 2.75) is 20.4 Å². The summed E-state index contributed by atoms with van der Waals surface area (Å²) in [6.07, 6.45) is 1.38. The highest BCUT2D eigenvalue weighted by Gasteiger charge is 2.19. The number of pyridine rings is 2. The summed E-state index contributed by atoms with van der Waals surface area (Å²) in [6.45, 7) is 3.59. The summed E-state index contributed by atoms with van der Waals surface area (Å²) >= 11 is 0. The number of ether oxygens (including phenoxy) is 2. The molecule has 28 heavy (non-hydrogen) atoms. The highest BCUT2D eigenvalue weighted by atomic mass is 16.5. The highest BCUT2D eigenvalue weighted by molar-refractivity contribution is 6.10. The van der Waals surface area contributed by atoms with Crippen LogP contribution in [0.25, 0.3) is 11.0 Å². The molecule has 0 N–H and O–H groups in total. The summed E-state index contributed by atoms with van der Waals surface area (Å²) in [5, 5.41) is 0.272. The van der Waals surface area contributed by atoms with Crippen LogP contribution in [0, 0.1) is 6.92 Å². The van der Waals surface area contributed by atoms with Crippen molar-refractivity contribution < 1.29 is 19.1 Å². The fourth-order valence-corrected chi connectivity index (χ4v) is 2.89. The molecule has 3 aromatic rings. The lowest BCUT2D eigenvalue weighted by Crippen LogP contribution is -2.23. The molecule has 2 heterocycles. The summed E-state index contributed by atoms with van der Waals surface area (Å²) in [4.78, 5) is 42.2. The van der Waals surface area contributed by atoms with Gasteiger partial charge in [-0.1, -0.05) is 0 Å². The van der Waals surface area contributed by atoms with E-state index >= 15 is 0 Å². The Kier molecular flexibility index (Phi) is 5.54. The predicted octanol–water partition coefficient (Wildman–Crippen LogP) is 2.51. The average molecular weight is 380 g/mol. The summed E-state index contributed by atoms with van der Waals surface area (Å²) in [5.74, 6) is -0.305. The van der Waals surface area contributed by atoms with E-state index in [0.29, 0.717) is 22.7 Å². The molecule has 3 rings (SSSR count). The molecule has 0 aliphatic rings. The van der Waals surface area contributed by atoms with Crippen LogP contribution in [0.2, 0.25) is 0 Å². The molecule has 0 saturated heterocycles. The van der Waals surface area contributed by atoms with Gasteiger partial charge in [0, 0.05) is 17.5 Å². The highest BCUT2D eigenvalue weighted by Crippen LogP contribution is 2.16. The number of carbonyl (C=O) groups excluding carboxylic acids is 2.